The number of ether oxygens (including phenoxy) is 1. The van der Waals surface area contributed by atoms with Gasteiger partial charge in [0.25, 0.3) is 0 Å². The smallest absolute Gasteiger partial charge is 0.396 e. The van der Waals surface area contributed by atoms with E-state index in [9.17, 15) is 14.4 Å². The first-order valence-corrected chi connectivity index (χ1v) is 4.97. The lowest BCUT2D eigenvalue weighted by Gasteiger charge is -2.33. The first-order valence-electron chi connectivity index (χ1n) is 4.97. The molecule has 0 aliphatic carbocycles. The average molecular weight is 213 g/mol. The van der Waals surface area contributed by atoms with Crippen molar-refractivity contribution in [3.05, 3.63) is 0 Å². The Hall–Kier alpha value is -1.39. The lowest BCUT2D eigenvalue weighted by molar-refractivity contribution is -0.161. The first-order chi connectivity index (χ1) is 7.07. The predicted molar refractivity (Wildman–Crippen MR) is 52.0 cm³/mol. The van der Waals surface area contributed by atoms with E-state index in [0.717, 1.165) is 20.0 Å². The molecule has 0 N–H and O–H groups in total. The average Bonchev–Trinajstić information content (AvgIpc) is 2.27. The van der Waals surface area contributed by atoms with Crippen LogP contribution in [0.1, 0.15) is 26.2 Å². The molecule has 1 atom stereocenters. The molecule has 5 heteroatoms. The molecule has 1 fully saturated rings. The van der Waals surface area contributed by atoms with Crippen molar-refractivity contribution in [3.63, 3.8) is 0 Å². The van der Waals surface area contributed by atoms with Crippen molar-refractivity contribution in [3.8, 4) is 0 Å². The third kappa shape index (κ3) is 2.55. The summed E-state index contributed by atoms with van der Waals surface area (Å²) in [5.74, 6) is -1.69. The largest absolute Gasteiger partial charge is 0.462 e. The van der Waals surface area contributed by atoms with Gasteiger partial charge < -0.3 is 9.64 Å². The molecule has 1 saturated heterocycles. The molecule has 1 aliphatic rings. The van der Waals surface area contributed by atoms with Gasteiger partial charge in [0, 0.05) is 6.54 Å². The van der Waals surface area contributed by atoms with Crippen LogP contribution in [0.4, 0.5) is 0 Å². The molecule has 1 unspecified atom stereocenters. The van der Waals surface area contributed by atoms with E-state index < -0.39 is 17.9 Å². The van der Waals surface area contributed by atoms with Crippen LogP contribution in [0.2, 0.25) is 0 Å². The van der Waals surface area contributed by atoms with Gasteiger partial charge in [0.15, 0.2) is 5.78 Å². The molecule has 1 rings (SSSR count). The Labute approximate surface area is 88.4 Å². The minimum Gasteiger partial charge on any atom is -0.462 e. The molecule has 15 heavy (non-hydrogen) atoms. The van der Waals surface area contributed by atoms with Gasteiger partial charge in [-0.25, -0.2) is 4.79 Å². The molecule has 0 aromatic rings. The summed E-state index contributed by atoms with van der Waals surface area (Å²) in [7, 11) is 1.16. The van der Waals surface area contributed by atoms with E-state index in [1.54, 1.807) is 0 Å². The number of hydrogen-bond donors (Lipinski definition) is 0. The van der Waals surface area contributed by atoms with Crippen molar-refractivity contribution in [1.82, 2.24) is 4.90 Å². The van der Waals surface area contributed by atoms with E-state index in [4.69, 9.17) is 0 Å². The normalized spacial score (nSPS) is 20.9. The van der Waals surface area contributed by atoms with Crippen LogP contribution in [0.3, 0.4) is 0 Å². The van der Waals surface area contributed by atoms with Crippen molar-refractivity contribution >= 4 is 17.7 Å². The van der Waals surface area contributed by atoms with E-state index in [1.165, 1.54) is 11.8 Å². The summed E-state index contributed by atoms with van der Waals surface area (Å²) >= 11 is 0. The first kappa shape index (κ1) is 11.7. The molecule has 1 heterocycles. The van der Waals surface area contributed by atoms with Crippen LogP contribution in [0, 0.1) is 0 Å². The molecular weight excluding hydrogens is 198 g/mol. The number of esters is 1. The third-order valence-electron chi connectivity index (χ3n) is 2.59. The van der Waals surface area contributed by atoms with Crippen LogP contribution < -0.4 is 0 Å². The van der Waals surface area contributed by atoms with Gasteiger partial charge in [-0.15, -0.1) is 0 Å². The predicted octanol–water partition coefficient (Wildman–Crippen LogP) is 0.129. The van der Waals surface area contributed by atoms with Crippen LogP contribution in [0.5, 0.6) is 0 Å². The monoisotopic (exact) mass is 213 g/mol. The number of rotatable bonds is 1. The number of hydrogen-bond acceptors (Lipinski definition) is 4. The van der Waals surface area contributed by atoms with E-state index in [-0.39, 0.29) is 5.78 Å². The standard InChI is InChI=1S/C10H15NO4/c1-7(12)8-5-3-4-6-11(8)9(13)10(14)15-2/h8H,3-6H2,1-2H3. The summed E-state index contributed by atoms with van der Waals surface area (Å²) in [6.45, 7) is 1.89. The van der Waals surface area contributed by atoms with Gasteiger partial charge in [-0.3, -0.25) is 9.59 Å². The van der Waals surface area contributed by atoms with E-state index in [2.05, 4.69) is 4.74 Å². The molecule has 1 aliphatic heterocycles. The van der Waals surface area contributed by atoms with Crippen molar-refractivity contribution in [2.24, 2.45) is 0 Å². The van der Waals surface area contributed by atoms with Gasteiger partial charge in [0.05, 0.1) is 13.2 Å². The maximum atomic E-state index is 11.5. The Morgan fingerprint density at radius 2 is 1.93 bits per heavy atom. The molecule has 0 spiro atoms. The van der Waals surface area contributed by atoms with E-state index in [0.29, 0.717) is 13.0 Å². The molecule has 1 amide bonds. The lowest BCUT2D eigenvalue weighted by atomic mass is 9.99. The topological polar surface area (TPSA) is 63.7 Å². The second-order valence-corrected chi connectivity index (χ2v) is 3.61. The number of carbonyl (C=O) groups excluding carboxylic acids is 3. The van der Waals surface area contributed by atoms with Crippen LogP contribution in [-0.4, -0.2) is 42.3 Å². The summed E-state index contributed by atoms with van der Waals surface area (Å²) in [6, 6.07) is -0.453. The molecule has 0 aromatic heterocycles. The molecule has 0 aromatic carbocycles. The van der Waals surface area contributed by atoms with Crippen molar-refractivity contribution < 1.29 is 19.1 Å². The number of carbonyl (C=O) groups is 3. The Balaban J connectivity index is 2.76. The Morgan fingerprint density at radius 3 is 2.47 bits per heavy atom. The maximum Gasteiger partial charge on any atom is 0.396 e. The molecule has 84 valence electrons. The highest BCUT2D eigenvalue weighted by molar-refractivity contribution is 6.32. The Kier molecular flexibility index (Phi) is 3.82. The molecule has 0 radical (unpaired) electrons. The number of piperidine rings is 1. The summed E-state index contributed by atoms with van der Waals surface area (Å²) < 4.78 is 4.35. The minimum absolute atomic E-state index is 0.0769. The Morgan fingerprint density at radius 1 is 1.27 bits per heavy atom. The van der Waals surface area contributed by atoms with Crippen LogP contribution >= 0.6 is 0 Å². The summed E-state index contributed by atoms with van der Waals surface area (Å²) in [6.07, 6.45) is 2.37. The fourth-order valence-corrected chi connectivity index (χ4v) is 1.80. The zero-order valence-corrected chi connectivity index (χ0v) is 8.99. The van der Waals surface area contributed by atoms with Crippen molar-refractivity contribution in [2.45, 2.75) is 32.2 Å². The van der Waals surface area contributed by atoms with Gasteiger partial charge in [-0.05, 0) is 26.2 Å². The maximum absolute atomic E-state index is 11.5. The fourth-order valence-electron chi connectivity index (χ4n) is 1.80. The second-order valence-electron chi connectivity index (χ2n) is 3.61. The van der Waals surface area contributed by atoms with Gasteiger partial charge >= 0.3 is 11.9 Å². The minimum atomic E-state index is -0.900. The number of Topliss-reactive ketones (excluding diaryl/α,β-unsaturated/α-hetero) is 1. The quantitative estimate of drug-likeness (QED) is 0.459. The van der Waals surface area contributed by atoms with E-state index >= 15 is 0 Å². The molecule has 5 nitrogen and oxygen atoms in total. The van der Waals surface area contributed by atoms with Crippen LogP contribution in [0.15, 0.2) is 0 Å². The van der Waals surface area contributed by atoms with E-state index in [1.807, 2.05) is 0 Å². The second kappa shape index (κ2) is 4.91. The number of ketones is 1. The van der Waals surface area contributed by atoms with Crippen LogP contribution in [0.25, 0.3) is 0 Å². The number of amides is 1. The van der Waals surface area contributed by atoms with Crippen molar-refractivity contribution in [1.29, 1.82) is 0 Å². The SMILES string of the molecule is COC(=O)C(=O)N1CCCCC1C(C)=O. The zero-order valence-electron chi connectivity index (χ0n) is 8.99. The molecular formula is C10H15NO4. The highest BCUT2D eigenvalue weighted by Gasteiger charge is 2.33. The number of methoxy groups -OCH3 is 1. The lowest BCUT2D eigenvalue weighted by Crippen LogP contribution is -2.50. The summed E-state index contributed by atoms with van der Waals surface area (Å²) in [4.78, 5) is 35.2. The van der Waals surface area contributed by atoms with Gasteiger partial charge in [-0.1, -0.05) is 0 Å². The van der Waals surface area contributed by atoms with Gasteiger partial charge in [0.1, 0.15) is 0 Å². The van der Waals surface area contributed by atoms with Crippen molar-refractivity contribution in [2.75, 3.05) is 13.7 Å². The molecule has 0 saturated carbocycles. The molecule has 0 bridgehead atoms. The Bertz CT molecular complexity index is 287. The number of nitrogens with zero attached hydrogens (tertiary/aromatic N) is 1. The summed E-state index contributed by atoms with van der Waals surface area (Å²) in [5, 5.41) is 0. The van der Waals surface area contributed by atoms with Crippen LogP contribution in [-0.2, 0) is 19.1 Å². The van der Waals surface area contributed by atoms with Gasteiger partial charge in [-0.2, -0.15) is 0 Å². The highest BCUT2D eigenvalue weighted by atomic mass is 16.5. The zero-order chi connectivity index (χ0) is 11.4. The summed E-state index contributed by atoms with van der Waals surface area (Å²) in [5.41, 5.74) is 0. The third-order valence-corrected chi connectivity index (χ3v) is 2.59. The fraction of sp³-hybridized carbons (Fsp3) is 0.700. The highest BCUT2D eigenvalue weighted by Crippen LogP contribution is 2.18. The van der Waals surface area contributed by atoms with Gasteiger partial charge in [0.2, 0.25) is 0 Å². The number of likely N-dealkylation sites (tertiary alicyclic amines) is 1.